The SMILES string of the molecule is CCCCCCCCCC(=O)N[C@@H](Cc1cn(C)c2ccccc12)C(=O)O. The first-order valence-electron chi connectivity index (χ1n) is 10.1. The normalized spacial score (nSPS) is 12.2. The van der Waals surface area contributed by atoms with E-state index in [2.05, 4.69) is 12.2 Å². The number of hydrogen-bond acceptors (Lipinski definition) is 2. The lowest BCUT2D eigenvalue weighted by molar-refractivity contribution is -0.141. The number of benzene rings is 1. The van der Waals surface area contributed by atoms with Crippen LogP contribution in [0.15, 0.2) is 30.5 Å². The van der Waals surface area contributed by atoms with Crippen LogP contribution in [0.3, 0.4) is 0 Å². The van der Waals surface area contributed by atoms with Gasteiger partial charge in [0, 0.05) is 37.0 Å². The summed E-state index contributed by atoms with van der Waals surface area (Å²) in [7, 11) is 1.95. The number of carboxylic acids is 1. The Labute approximate surface area is 161 Å². The van der Waals surface area contributed by atoms with Crippen molar-refractivity contribution in [1.29, 1.82) is 0 Å². The highest BCUT2D eigenvalue weighted by molar-refractivity contribution is 5.87. The van der Waals surface area contributed by atoms with Gasteiger partial charge >= 0.3 is 5.97 Å². The molecule has 0 saturated carbocycles. The lowest BCUT2D eigenvalue weighted by Crippen LogP contribution is -2.42. The number of aromatic nitrogens is 1. The fourth-order valence-corrected chi connectivity index (χ4v) is 3.52. The van der Waals surface area contributed by atoms with Crippen molar-refractivity contribution >= 4 is 22.8 Å². The minimum absolute atomic E-state index is 0.170. The Kier molecular flexibility index (Phi) is 8.37. The topological polar surface area (TPSA) is 71.3 Å². The Hall–Kier alpha value is -2.30. The van der Waals surface area contributed by atoms with Gasteiger partial charge in [0.05, 0.1) is 0 Å². The number of carboxylic acid groups (broad SMARTS) is 1. The third-order valence-corrected chi connectivity index (χ3v) is 5.04. The molecule has 1 amide bonds. The Bertz CT molecular complexity index is 751. The summed E-state index contributed by atoms with van der Waals surface area (Å²) in [4.78, 5) is 23.8. The van der Waals surface area contributed by atoms with Crippen molar-refractivity contribution in [3.8, 4) is 0 Å². The van der Waals surface area contributed by atoms with Crippen LogP contribution >= 0.6 is 0 Å². The van der Waals surface area contributed by atoms with Gasteiger partial charge in [-0.05, 0) is 18.1 Å². The highest BCUT2D eigenvalue weighted by Gasteiger charge is 2.22. The number of amides is 1. The lowest BCUT2D eigenvalue weighted by atomic mass is 10.0. The molecule has 0 bridgehead atoms. The van der Waals surface area contributed by atoms with Gasteiger partial charge in [0.1, 0.15) is 6.04 Å². The molecule has 5 nitrogen and oxygen atoms in total. The van der Waals surface area contributed by atoms with E-state index in [1.165, 1.54) is 25.7 Å². The van der Waals surface area contributed by atoms with Crippen LogP contribution in [0.2, 0.25) is 0 Å². The van der Waals surface area contributed by atoms with Crippen LogP contribution in [0, 0.1) is 0 Å². The second-order valence-corrected chi connectivity index (χ2v) is 7.32. The molecule has 27 heavy (non-hydrogen) atoms. The van der Waals surface area contributed by atoms with Gasteiger partial charge in [-0.25, -0.2) is 4.79 Å². The summed E-state index contributed by atoms with van der Waals surface area (Å²) in [6.45, 7) is 2.20. The summed E-state index contributed by atoms with van der Waals surface area (Å²) >= 11 is 0. The van der Waals surface area contributed by atoms with Crippen LogP contribution in [-0.4, -0.2) is 27.6 Å². The Morgan fingerprint density at radius 3 is 2.44 bits per heavy atom. The molecular formula is C22H32N2O3. The number of carbonyl (C=O) groups excluding carboxylic acids is 1. The molecule has 1 heterocycles. The highest BCUT2D eigenvalue weighted by atomic mass is 16.4. The lowest BCUT2D eigenvalue weighted by Gasteiger charge is -2.14. The van der Waals surface area contributed by atoms with E-state index in [0.29, 0.717) is 12.8 Å². The maximum absolute atomic E-state index is 12.2. The summed E-state index contributed by atoms with van der Waals surface area (Å²) in [5, 5.41) is 13.3. The molecular weight excluding hydrogens is 340 g/mol. The number of aryl methyl sites for hydroxylation is 1. The minimum Gasteiger partial charge on any atom is -0.480 e. The van der Waals surface area contributed by atoms with Crippen LogP contribution in [0.1, 0.15) is 63.9 Å². The van der Waals surface area contributed by atoms with Crippen molar-refractivity contribution in [2.45, 2.75) is 70.8 Å². The van der Waals surface area contributed by atoms with Gasteiger partial charge in [-0.15, -0.1) is 0 Å². The quantitative estimate of drug-likeness (QED) is 0.541. The largest absolute Gasteiger partial charge is 0.480 e. The summed E-state index contributed by atoms with van der Waals surface area (Å²) in [5.74, 6) is -1.16. The second-order valence-electron chi connectivity index (χ2n) is 7.32. The van der Waals surface area contributed by atoms with Crippen LogP contribution < -0.4 is 5.32 Å². The Balaban J connectivity index is 1.84. The number of fused-ring (bicyclic) bond motifs is 1. The zero-order chi connectivity index (χ0) is 19.6. The van der Waals surface area contributed by atoms with Gasteiger partial charge in [-0.2, -0.15) is 0 Å². The van der Waals surface area contributed by atoms with Crippen molar-refractivity contribution in [1.82, 2.24) is 9.88 Å². The van der Waals surface area contributed by atoms with E-state index in [-0.39, 0.29) is 5.91 Å². The Morgan fingerprint density at radius 1 is 1.07 bits per heavy atom. The molecule has 0 saturated heterocycles. The molecule has 148 valence electrons. The van der Waals surface area contributed by atoms with E-state index in [1.54, 1.807) is 0 Å². The summed E-state index contributed by atoms with van der Waals surface area (Å²) in [6.07, 6.45) is 10.6. The predicted octanol–water partition coefficient (Wildman–Crippen LogP) is 4.43. The number of hydrogen-bond donors (Lipinski definition) is 2. The predicted molar refractivity (Wildman–Crippen MR) is 109 cm³/mol. The van der Waals surface area contributed by atoms with Crippen molar-refractivity contribution in [2.24, 2.45) is 7.05 Å². The number of nitrogens with zero attached hydrogens (tertiary/aromatic N) is 1. The fraction of sp³-hybridized carbons (Fsp3) is 0.545. The molecule has 2 rings (SSSR count). The first-order valence-corrected chi connectivity index (χ1v) is 10.1. The van der Waals surface area contributed by atoms with Crippen LogP contribution in [-0.2, 0) is 23.1 Å². The third kappa shape index (κ3) is 6.42. The number of aliphatic carboxylic acids is 1. The molecule has 1 aromatic carbocycles. The van der Waals surface area contributed by atoms with Gasteiger partial charge in [0.2, 0.25) is 5.91 Å². The zero-order valence-electron chi connectivity index (χ0n) is 16.5. The number of rotatable bonds is 12. The number of carbonyl (C=O) groups is 2. The molecule has 0 aliphatic rings. The van der Waals surface area contributed by atoms with Gasteiger partial charge in [-0.3, -0.25) is 4.79 Å². The molecule has 0 unspecified atom stereocenters. The molecule has 2 aromatic rings. The summed E-state index contributed by atoms with van der Waals surface area (Å²) in [5.41, 5.74) is 2.00. The van der Waals surface area contributed by atoms with E-state index in [9.17, 15) is 14.7 Å². The van der Waals surface area contributed by atoms with Crippen LogP contribution in [0.25, 0.3) is 10.9 Å². The van der Waals surface area contributed by atoms with E-state index in [4.69, 9.17) is 0 Å². The summed E-state index contributed by atoms with van der Waals surface area (Å²) < 4.78 is 1.99. The molecule has 5 heteroatoms. The molecule has 2 N–H and O–H groups in total. The minimum atomic E-state index is -0.990. The third-order valence-electron chi connectivity index (χ3n) is 5.04. The van der Waals surface area contributed by atoms with Crippen molar-refractivity contribution in [2.75, 3.05) is 0 Å². The second kappa shape index (κ2) is 10.8. The Morgan fingerprint density at radius 2 is 1.74 bits per heavy atom. The smallest absolute Gasteiger partial charge is 0.326 e. The first kappa shape index (κ1) is 21.0. The van der Waals surface area contributed by atoms with E-state index in [1.807, 2.05) is 42.1 Å². The number of para-hydroxylation sites is 1. The zero-order valence-corrected chi connectivity index (χ0v) is 16.5. The number of nitrogens with one attached hydrogen (secondary N) is 1. The van der Waals surface area contributed by atoms with E-state index in [0.717, 1.165) is 35.7 Å². The monoisotopic (exact) mass is 372 g/mol. The molecule has 1 aromatic heterocycles. The van der Waals surface area contributed by atoms with E-state index < -0.39 is 12.0 Å². The molecule has 0 radical (unpaired) electrons. The van der Waals surface area contributed by atoms with Crippen molar-refractivity contribution in [3.05, 3.63) is 36.0 Å². The van der Waals surface area contributed by atoms with Gasteiger partial charge in [-0.1, -0.05) is 63.6 Å². The molecule has 1 atom stereocenters. The van der Waals surface area contributed by atoms with Crippen molar-refractivity contribution < 1.29 is 14.7 Å². The van der Waals surface area contributed by atoms with Crippen LogP contribution in [0.4, 0.5) is 0 Å². The van der Waals surface area contributed by atoms with Gasteiger partial charge in [0.15, 0.2) is 0 Å². The van der Waals surface area contributed by atoms with Crippen molar-refractivity contribution in [3.63, 3.8) is 0 Å². The average molecular weight is 373 g/mol. The maximum atomic E-state index is 12.2. The molecule has 0 fully saturated rings. The molecule has 0 aliphatic heterocycles. The number of unbranched alkanes of at least 4 members (excludes halogenated alkanes) is 6. The van der Waals surface area contributed by atoms with Crippen LogP contribution in [0.5, 0.6) is 0 Å². The van der Waals surface area contributed by atoms with E-state index >= 15 is 0 Å². The standard InChI is InChI=1S/C22H32N2O3/c1-3-4-5-6-7-8-9-14-21(25)23-19(22(26)27)15-17-16-24(2)20-13-11-10-12-18(17)20/h10-13,16,19H,3-9,14-15H2,1-2H3,(H,23,25)(H,26,27)/t19-/m0/s1. The van der Waals surface area contributed by atoms with Gasteiger partial charge < -0.3 is 15.0 Å². The first-order chi connectivity index (χ1) is 13.0. The molecule has 0 spiro atoms. The van der Waals surface area contributed by atoms with Gasteiger partial charge in [0.25, 0.3) is 0 Å². The summed E-state index contributed by atoms with van der Waals surface area (Å²) in [6, 6.07) is 7.01. The fourth-order valence-electron chi connectivity index (χ4n) is 3.52. The molecule has 0 aliphatic carbocycles. The highest BCUT2D eigenvalue weighted by Crippen LogP contribution is 2.21. The average Bonchev–Trinajstić information content (AvgIpc) is 2.96. The maximum Gasteiger partial charge on any atom is 0.326 e.